The Bertz CT molecular complexity index is 1210. The molecule has 0 aliphatic carbocycles. The van der Waals surface area contributed by atoms with Crippen LogP contribution in [0.3, 0.4) is 0 Å². The molecule has 2 N–H and O–H groups in total. The van der Waals surface area contributed by atoms with Crippen molar-refractivity contribution in [2.75, 3.05) is 32.8 Å². The van der Waals surface area contributed by atoms with Crippen LogP contribution in [0, 0.1) is 0 Å². The number of hydrogen-bond acceptors (Lipinski definition) is 9. The second-order valence-corrected chi connectivity index (χ2v) is 10.2. The van der Waals surface area contributed by atoms with Gasteiger partial charge in [-0.3, -0.25) is 4.79 Å². The van der Waals surface area contributed by atoms with E-state index >= 15 is 0 Å². The fraction of sp³-hybridized carbons (Fsp3) is 0.536. The molecule has 13 heteroatoms. The number of fused-ring (bicyclic) bond motifs is 1. The third-order valence-corrected chi connectivity index (χ3v) is 6.99. The largest absolute Gasteiger partial charge is 0.507 e. The summed E-state index contributed by atoms with van der Waals surface area (Å²) in [7, 11) is 0. The molecule has 2 aliphatic rings. The minimum absolute atomic E-state index is 0.106. The molecule has 3 rings (SSSR count). The van der Waals surface area contributed by atoms with E-state index in [1.165, 1.54) is 0 Å². The lowest BCUT2D eigenvalue weighted by Crippen LogP contribution is -2.37. The molecule has 41 heavy (non-hydrogen) atoms. The average Bonchev–Trinajstić information content (AvgIpc) is 2.95. The quantitative estimate of drug-likeness (QED) is 0.0797. The van der Waals surface area contributed by atoms with E-state index in [1.807, 2.05) is 12.2 Å². The van der Waals surface area contributed by atoms with Crippen LogP contribution in [0.25, 0.3) is 10.4 Å². The van der Waals surface area contributed by atoms with E-state index in [0.717, 1.165) is 25.3 Å². The van der Waals surface area contributed by atoms with Crippen LogP contribution in [0.2, 0.25) is 5.02 Å². The van der Waals surface area contributed by atoms with E-state index in [4.69, 9.17) is 31.4 Å². The predicted octanol–water partition coefficient (Wildman–Crippen LogP) is 5.22. The molecule has 1 aromatic rings. The number of aromatic hydroxyl groups is 2. The predicted molar refractivity (Wildman–Crippen MR) is 153 cm³/mol. The second-order valence-electron chi connectivity index (χ2n) is 9.79. The normalized spacial score (nSPS) is 21.0. The molecule has 1 aromatic carbocycles. The summed E-state index contributed by atoms with van der Waals surface area (Å²) in [6.07, 6.45) is 10.6. The lowest BCUT2D eigenvalue weighted by Gasteiger charge is -2.26. The number of allylic oxidation sites excluding steroid dienone is 1. The number of hydrogen-bond donors (Lipinski definition) is 2. The third kappa shape index (κ3) is 10.00. The number of phenols is 2. The molecule has 0 saturated carbocycles. The summed E-state index contributed by atoms with van der Waals surface area (Å²) in [5, 5.41) is 28.4. The van der Waals surface area contributed by atoms with Gasteiger partial charge in [-0.15, -0.1) is 0 Å². The zero-order valence-electron chi connectivity index (χ0n) is 23.1. The first-order valence-corrected chi connectivity index (χ1v) is 14.0. The van der Waals surface area contributed by atoms with Crippen LogP contribution in [-0.4, -0.2) is 77.8 Å². The Labute approximate surface area is 243 Å². The van der Waals surface area contributed by atoms with E-state index in [1.54, 1.807) is 24.0 Å². The molecule has 0 aromatic heterocycles. The summed E-state index contributed by atoms with van der Waals surface area (Å²) in [4.78, 5) is 35.6. The highest BCUT2D eigenvalue weighted by Gasteiger charge is 2.26. The maximum absolute atomic E-state index is 13.1. The van der Waals surface area contributed by atoms with Crippen LogP contribution in [0.5, 0.6) is 11.5 Å². The average molecular weight is 590 g/mol. The van der Waals surface area contributed by atoms with Crippen LogP contribution < -0.4 is 0 Å². The molecule has 2 heterocycles. The number of carbonyl (C=O) groups excluding carboxylic acids is 2. The summed E-state index contributed by atoms with van der Waals surface area (Å²) in [6.45, 7) is 3.50. The first-order chi connectivity index (χ1) is 19.8. The van der Waals surface area contributed by atoms with Gasteiger partial charge in [-0.1, -0.05) is 40.1 Å². The minimum atomic E-state index is -0.812. The highest BCUT2D eigenvalue weighted by molar-refractivity contribution is 6.33. The number of cyclic esters (lactones) is 1. The lowest BCUT2D eigenvalue weighted by molar-refractivity contribution is -0.137. The number of piperidine rings is 1. The molecule has 1 saturated heterocycles. The molecule has 0 spiro atoms. The topological polar surface area (TPSA) is 167 Å². The molecule has 0 bridgehead atoms. The number of azide groups is 1. The van der Waals surface area contributed by atoms with E-state index in [2.05, 4.69) is 15.2 Å². The Balaban J connectivity index is 1.88. The molecule has 1 fully saturated rings. The molecule has 1 amide bonds. The first kappa shape index (κ1) is 31.8. The van der Waals surface area contributed by atoms with Gasteiger partial charge >= 0.3 is 5.97 Å². The number of ether oxygens (including phenoxy) is 2. The summed E-state index contributed by atoms with van der Waals surface area (Å²) >= 11 is 6.39. The summed E-state index contributed by atoms with van der Waals surface area (Å²) in [6, 6.07) is 0.987. The van der Waals surface area contributed by atoms with Gasteiger partial charge in [0.2, 0.25) is 0 Å². The molecule has 2 atom stereocenters. The zero-order valence-corrected chi connectivity index (χ0v) is 23.8. The van der Waals surface area contributed by atoms with Crippen LogP contribution >= 0.6 is 11.6 Å². The number of nitrogens with zero attached hydrogens (tertiary/aromatic N) is 5. The molecule has 0 radical (unpaired) electrons. The van der Waals surface area contributed by atoms with Crippen molar-refractivity contribution >= 4 is 29.2 Å². The highest BCUT2D eigenvalue weighted by atomic mass is 35.5. The fourth-order valence-corrected chi connectivity index (χ4v) is 4.67. The minimum Gasteiger partial charge on any atom is -0.507 e. The van der Waals surface area contributed by atoms with Crippen LogP contribution in [0.4, 0.5) is 0 Å². The monoisotopic (exact) mass is 589 g/mol. The fourth-order valence-electron chi connectivity index (χ4n) is 4.45. The van der Waals surface area contributed by atoms with Crippen LogP contribution in [-0.2, 0) is 25.5 Å². The van der Waals surface area contributed by atoms with Gasteiger partial charge in [0.15, 0.2) is 6.61 Å². The number of carbonyl (C=O) groups is 2. The molecular formula is C28H36ClN5O7. The van der Waals surface area contributed by atoms with Crippen molar-refractivity contribution in [1.82, 2.24) is 4.90 Å². The van der Waals surface area contributed by atoms with Gasteiger partial charge in [-0.05, 0) is 56.2 Å². The highest BCUT2D eigenvalue weighted by Crippen LogP contribution is 2.37. The van der Waals surface area contributed by atoms with Crippen molar-refractivity contribution in [2.45, 2.75) is 64.1 Å². The van der Waals surface area contributed by atoms with Crippen molar-refractivity contribution in [3.63, 3.8) is 0 Å². The smallest absolute Gasteiger partial charge is 0.342 e. The van der Waals surface area contributed by atoms with Crippen LogP contribution in [0.15, 0.2) is 40.6 Å². The Hall–Kier alpha value is -3.73. The SMILES string of the molecule is C[C@@H]1CC=CC(OCCCN=[N+]=[N-])CC=CC(=NOCC(=O)N2CCCCC2)Cc2c(Cl)c(O)cc(O)c2C(=O)O1. The number of likely N-dealkylation sites (tertiary alicyclic amines) is 1. The Morgan fingerprint density at radius 2 is 2.00 bits per heavy atom. The molecule has 2 aliphatic heterocycles. The van der Waals surface area contributed by atoms with Gasteiger partial charge in [0.05, 0.1) is 16.8 Å². The number of oxime groups is 1. The number of halogens is 1. The second kappa shape index (κ2) is 16.5. The van der Waals surface area contributed by atoms with Gasteiger partial charge in [-0.25, -0.2) is 4.79 Å². The van der Waals surface area contributed by atoms with Crippen molar-refractivity contribution in [3.8, 4) is 11.5 Å². The van der Waals surface area contributed by atoms with Crippen molar-refractivity contribution in [1.29, 1.82) is 0 Å². The molecular weight excluding hydrogens is 554 g/mol. The Morgan fingerprint density at radius 3 is 2.76 bits per heavy atom. The number of esters is 1. The van der Waals surface area contributed by atoms with Gasteiger partial charge in [-0.2, -0.15) is 0 Å². The van der Waals surface area contributed by atoms with Crippen molar-refractivity contribution in [2.24, 2.45) is 10.3 Å². The zero-order chi connectivity index (χ0) is 29.6. The maximum Gasteiger partial charge on any atom is 0.342 e. The summed E-state index contributed by atoms with van der Waals surface area (Å²) in [5.74, 6) is -1.88. The molecule has 222 valence electrons. The van der Waals surface area contributed by atoms with Gasteiger partial charge in [0.25, 0.3) is 5.91 Å². The molecule has 12 nitrogen and oxygen atoms in total. The van der Waals surface area contributed by atoms with Gasteiger partial charge in [0, 0.05) is 50.1 Å². The molecule has 1 unspecified atom stereocenters. The lowest BCUT2D eigenvalue weighted by atomic mass is 9.99. The van der Waals surface area contributed by atoms with Gasteiger partial charge in [0.1, 0.15) is 23.2 Å². The number of rotatable bonds is 8. The Kier molecular flexibility index (Phi) is 12.8. The van der Waals surface area contributed by atoms with E-state index in [9.17, 15) is 19.8 Å². The first-order valence-electron chi connectivity index (χ1n) is 13.7. The number of benzene rings is 1. The van der Waals surface area contributed by atoms with Crippen molar-refractivity contribution in [3.05, 3.63) is 57.0 Å². The number of phenolic OH excluding ortho intramolecular Hbond substituents is 2. The van der Waals surface area contributed by atoms with Gasteiger partial charge < -0.3 is 29.4 Å². The Morgan fingerprint density at radius 1 is 1.22 bits per heavy atom. The van der Waals surface area contributed by atoms with E-state index < -0.39 is 23.6 Å². The maximum atomic E-state index is 13.1. The standard InChI is InChI=1S/C28H36ClN5O7/c1-19-8-5-10-21(39-15-7-12-31-33-30)11-6-9-20(32-40-18-25(37)34-13-3-2-4-14-34)16-22-26(28(38)41-19)23(35)17-24(36)27(22)29/h5-6,9-10,17,19,21,35-36H,2-4,7-8,11-16,18H2,1H3/t19-,21?/m1/s1. The van der Waals surface area contributed by atoms with E-state index in [-0.39, 0.29) is 46.9 Å². The van der Waals surface area contributed by atoms with Crippen molar-refractivity contribution < 1.29 is 34.1 Å². The van der Waals surface area contributed by atoms with E-state index in [0.29, 0.717) is 45.5 Å². The summed E-state index contributed by atoms with van der Waals surface area (Å²) < 4.78 is 11.5. The number of amides is 1. The van der Waals surface area contributed by atoms with Crippen LogP contribution in [0.1, 0.15) is 61.4 Å². The third-order valence-electron chi connectivity index (χ3n) is 6.57. The summed E-state index contributed by atoms with van der Waals surface area (Å²) in [5.41, 5.74) is 8.66.